The maximum atomic E-state index is 13.7. The van der Waals surface area contributed by atoms with E-state index in [0.29, 0.717) is 25.4 Å². The van der Waals surface area contributed by atoms with Crippen LogP contribution in [0, 0.1) is 5.82 Å². The van der Waals surface area contributed by atoms with Crippen molar-refractivity contribution in [3.05, 3.63) is 89.7 Å². The van der Waals surface area contributed by atoms with E-state index in [4.69, 9.17) is 9.47 Å². The molecular weight excluding hydrogens is 395 g/mol. The minimum absolute atomic E-state index is 0.0620. The smallest absolute Gasteiger partial charge is 0.222 e. The average Bonchev–Trinajstić information content (AvgIpc) is 2.80. The first-order valence-electron chi connectivity index (χ1n) is 10.2. The largest absolute Gasteiger partial charge is 0.497 e. The van der Waals surface area contributed by atoms with Crippen molar-refractivity contribution in [2.45, 2.75) is 25.6 Å². The maximum absolute atomic E-state index is 13.7. The topological polar surface area (TPSA) is 50.8 Å². The molecule has 3 aromatic rings. The molecule has 1 N–H and O–H groups in total. The number of carbonyl (C=O) groups excluding carboxylic acids is 1. The van der Waals surface area contributed by atoms with Crippen molar-refractivity contribution < 1.29 is 18.7 Å². The first kappa shape index (κ1) is 20.7. The number of amides is 1. The van der Waals surface area contributed by atoms with E-state index in [1.165, 1.54) is 12.1 Å². The number of rotatable bonds is 7. The van der Waals surface area contributed by atoms with Gasteiger partial charge in [-0.3, -0.25) is 4.79 Å². The van der Waals surface area contributed by atoms with Gasteiger partial charge in [-0.2, -0.15) is 0 Å². The second-order valence-corrected chi connectivity index (χ2v) is 7.52. The van der Waals surface area contributed by atoms with E-state index in [0.717, 1.165) is 22.6 Å². The molecule has 3 aromatic carbocycles. The Hall–Kier alpha value is -3.54. The lowest BCUT2D eigenvalue weighted by Crippen LogP contribution is -2.45. The lowest BCUT2D eigenvalue weighted by Gasteiger charge is -2.38. The van der Waals surface area contributed by atoms with Gasteiger partial charge in [-0.15, -0.1) is 0 Å². The predicted molar refractivity (Wildman–Crippen MR) is 118 cm³/mol. The molecule has 4 rings (SSSR count). The molecule has 0 fully saturated rings. The summed E-state index contributed by atoms with van der Waals surface area (Å²) in [6, 6.07) is 22.0. The van der Waals surface area contributed by atoms with Crippen LogP contribution in [0.15, 0.2) is 72.8 Å². The number of fused-ring (bicyclic) bond motifs is 1. The van der Waals surface area contributed by atoms with Crippen LogP contribution in [-0.2, 0) is 17.9 Å². The van der Waals surface area contributed by atoms with Gasteiger partial charge in [0.05, 0.1) is 25.3 Å². The van der Waals surface area contributed by atoms with Crippen molar-refractivity contribution in [3.63, 3.8) is 0 Å². The van der Waals surface area contributed by atoms with Gasteiger partial charge in [-0.25, -0.2) is 4.39 Å². The minimum atomic E-state index is -0.339. The molecule has 0 spiro atoms. The van der Waals surface area contributed by atoms with E-state index in [1.807, 2.05) is 54.6 Å². The molecule has 31 heavy (non-hydrogen) atoms. The number of methoxy groups -OCH3 is 1. The highest BCUT2D eigenvalue weighted by Gasteiger charge is 2.29. The van der Waals surface area contributed by atoms with E-state index in [9.17, 15) is 9.18 Å². The summed E-state index contributed by atoms with van der Waals surface area (Å²) in [7, 11) is 1.62. The molecule has 160 valence electrons. The second-order valence-electron chi connectivity index (χ2n) is 7.52. The Balaban J connectivity index is 1.45. The van der Waals surface area contributed by atoms with Crippen LogP contribution in [0.2, 0.25) is 0 Å². The molecule has 1 heterocycles. The Kier molecular flexibility index (Phi) is 6.36. The SMILES string of the molecule is COc1ccc(CNC(=O)C[C@@H]2COc3cc(F)ccc3N2Cc2ccccc2)cc1. The second kappa shape index (κ2) is 9.51. The highest BCUT2D eigenvalue weighted by atomic mass is 19.1. The third-order valence-electron chi connectivity index (χ3n) is 5.37. The molecule has 0 unspecified atom stereocenters. The van der Waals surface area contributed by atoms with Crippen molar-refractivity contribution in [3.8, 4) is 11.5 Å². The number of halogens is 1. The number of nitrogens with zero attached hydrogens (tertiary/aromatic N) is 1. The third-order valence-corrected chi connectivity index (χ3v) is 5.37. The van der Waals surface area contributed by atoms with E-state index >= 15 is 0 Å². The molecule has 6 heteroatoms. The molecule has 5 nitrogen and oxygen atoms in total. The number of hydrogen-bond donors (Lipinski definition) is 1. The van der Waals surface area contributed by atoms with Gasteiger partial charge >= 0.3 is 0 Å². The number of nitrogens with one attached hydrogen (secondary N) is 1. The van der Waals surface area contributed by atoms with Crippen LogP contribution in [0.4, 0.5) is 10.1 Å². The first-order valence-corrected chi connectivity index (χ1v) is 10.2. The number of anilines is 1. The Bertz CT molecular complexity index is 1020. The van der Waals surface area contributed by atoms with Gasteiger partial charge in [-0.1, -0.05) is 42.5 Å². The molecule has 1 amide bonds. The highest BCUT2D eigenvalue weighted by Crippen LogP contribution is 2.36. The number of hydrogen-bond acceptors (Lipinski definition) is 4. The van der Waals surface area contributed by atoms with Gasteiger partial charge in [-0.05, 0) is 35.4 Å². The zero-order chi connectivity index (χ0) is 21.6. The van der Waals surface area contributed by atoms with Gasteiger partial charge in [0.1, 0.15) is 23.9 Å². The average molecular weight is 420 g/mol. The van der Waals surface area contributed by atoms with Crippen LogP contribution in [-0.4, -0.2) is 25.7 Å². The highest BCUT2D eigenvalue weighted by molar-refractivity contribution is 5.77. The zero-order valence-corrected chi connectivity index (χ0v) is 17.4. The number of carbonyl (C=O) groups is 1. The summed E-state index contributed by atoms with van der Waals surface area (Å²) in [5.74, 6) is 0.883. The fraction of sp³-hybridized carbons (Fsp3) is 0.240. The van der Waals surface area contributed by atoms with Gasteiger partial charge in [0.15, 0.2) is 0 Å². The van der Waals surface area contributed by atoms with Crippen LogP contribution < -0.4 is 19.7 Å². The van der Waals surface area contributed by atoms with E-state index in [1.54, 1.807) is 13.2 Å². The van der Waals surface area contributed by atoms with Crippen LogP contribution >= 0.6 is 0 Å². The quantitative estimate of drug-likeness (QED) is 0.619. The summed E-state index contributed by atoms with van der Waals surface area (Å²) >= 11 is 0. The van der Waals surface area contributed by atoms with E-state index < -0.39 is 0 Å². The fourth-order valence-electron chi connectivity index (χ4n) is 3.71. The molecule has 0 bridgehead atoms. The maximum Gasteiger partial charge on any atom is 0.222 e. The molecule has 0 saturated heterocycles. The fourth-order valence-corrected chi connectivity index (χ4v) is 3.71. The Labute approximate surface area is 181 Å². The lowest BCUT2D eigenvalue weighted by atomic mass is 10.1. The molecule has 0 aromatic heterocycles. The van der Waals surface area contributed by atoms with Crippen molar-refractivity contribution in [2.24, 2.45) is 0 Å². The van der Waals surface area contributed by atoms with Gasteiger partial charge in [0, 0.05) is 19.2 Å². The van der Waals surface area contributed by atoms with E-state index in [-0.39, 0.29) is 24.2 Å². The van der Waals surface area contributed by atoms with Gasteiger partial charge < -0.3 is 19.7 Å². The molecular formula is C25H25FN2O3. The molecule has 1 atom stereocenters. The van der Waals surface area contributed by atoms with Crippen LogP contribution in [0.1, 0.15) is 17.5 Å². The Morgan fingerprint density at radius 1 is 1.10 bits per heavy atom. The standard InChI is InChI=1S/C25H25FN2O3/c1-30-22-10-7-18(8-11-22)15-27-25(29)14-21-17-31-24-13-20(26)9-12-23(24)28(21)16-19-5-3-2-4-6-19/h2-13,21H,14-17H2,1H3,(H,27,29)/t21-/m1/s1. The normalized spacial score (nSPS) is 15.0. The summed E-state index contributed by atoms with van der Waals surface area (Å²) in [6.07, 6.45) is 0.278. The summed E-state index contributed by atoms with van der Waals surface area (Å²) in [4.78, 5) is 14.8. The van der Waals surface area contributed by atoms with E-state index in [2.05, 4.69) is 10.2 Å². The summed E-state index contributed by atoms with van der Waals surface area (Å²) in [5.41, 5.74) is 2.91. The zero-order valence-electron chi connectivity index (χ0n) is 17.4. The molecule has 0 radical (unpaired) electrons. The summed E-state index contributed by atoms with van der Waals surface area (Å²) < 4.78 is 24.7. The van der Waals surface area contributed by atoms with Crippen molar-refractivity contribution in [1.82, 2.24) is 5.32 Å². The summed E-state index contributed by atoms with van der Waals surface area (Å²) in [5, 5.41) is 2.98. The Morgan fingerprint density at radius 2 is 1.87 bits per heavy atom. The van der Waals surface area contributed by atoms with Gasteiger partial charge in [0.2, 0.25) is 5.91 Å². The predicted octanol–water partition coefficient (Wildman–Crippen LogP) is 4.31. The van der Waals surface area contributed by atoms with Crippen molar-refractivity contribution in [1.29, 1.82) is 0 Å². The van der Waals surface area contributed by atoms with Crippen LogP contribution in [0.3, 0.4) is 0 Å². The lowest BCUT2D eigenvalue weighted by molar-refractivity contribution is -0.121. The molecule has 0 aliphatic carbocycles. The van der Waals surface area contributed by atoms with Crippen LogP contribution in [0.5, 0.6) is 11.5 Å². The first-order chi connectivity index (χ1) is 15.1. The minimum Gasteiger partial charge on any atom is -0.497 e. The monoisotopic (exact) mass is 420 g/mol. The molecule has 0 saturated carbocycles. The third kappa shape index (κ3) is 5.15. The van der Waals surface area contributed by atoms with Gasteiger partial charge in [0.25, 0.3) is 0 Å². The number of benzene rings is 3. The number of ether oxygens (including phenoxy) is 2. The van der Waals surface area contributed by atoms with Crippen LogP contribution in [0.25, 0.3) is 0 Å². The summed E-state index contributed by atoms with van der Waals surface area (Å²) in [6.45, 7) is 1.37. The molecule has 1 aliphatic rings. The van der Waals surface area contributed by atoms with Crippen molar-refractivity contribution in [2.75, 3.05) is 18.6 Å². The molecule has 1 aliphatic heterocycles. The Morgan fingerprint density at radius 3 is 2.61 bits per heavy atom. The van der Waals surface area contributed by atoms with Crippen molar-refractivity contribution >= 4 is 11.6 Å².